The van der Waals surface area contributed by atoms with E-state index in [1.807, 2.05) is 12.5 Å². The summed E-state index contributed by atoms with van der Waals surface area (Å²) in [5.74, 6) is 0. The van der Waals surface area contributed by atoms with Gasteiger partial charge in [0.1, 0.15) is 0 Å². The molecule has 0 saturated carbocycles. The van der Waals surface area contributed by atoms with Crippen LogP contribution in [0.25, 0.3) is 15.8 Å². The summed E-state index contributed by atoms with van der Waals surface area (Å²) in [5.41, 5.74) is 7.91. The van der Waals surface area contributed by atoms with Crippen LogP contribution in [-0.4, -0.2) is 16.1 Å². The molecule has 0 aliphatic carbocycles. The van der Waals surface area contributed by atoms with Crippen molar-refractivity contribution in [2.45, 2.75) is 6.42 Å². The maximum Gasteiger partial charge on any atom is 0.0994 e. The Balaban J connectivity index is 2.09. The van der Waals surface area contributed by atoms with Gasteiger partial charge in [-0.15, -0.1) is 11.3 Å². The fraction of sp³-hybridized carbons (Fsp3) is 0.154. The fourth-order valence-electron chi connectivity index (χ4n) is 1.99. The second kappa shape index (κ2) is 4.31. The van der Waals surface area contributed by atoms with Crippen molar-refractivity contribution in [3.63, 3.8) is 0 Å². The molecule has 0 aliphatic heterocycles. The normalized spacial score (nSPS) is 11.1. The van der Waals surface area contributed by atoms with Crippen LogP contribution in [0.4, 0.5) is 0 Å². The Morgan fingerprint density at radius 3 is 3.12 bits per heavy atom. The smallest absolute Gasteiger partial charge is 0.0994 e. The summed E-state index contributed by atoms with van der Waals surface area (Å²) in [7, 11) is 0. The summed E-state index contributed by atoms with van der Waals surface area (Å²) in [5, 5.41) is 3.39. The largest absolute Gasteiger partial charge is 0.330 e. The molecule has 0 bridgehead atoms. The lowest BCUT2D eigenvalue weighted by atomic mass is 10.2. The van der Waals surface area contributed by atoms with Gasteiger partial charge in [-0.1, -0.05) is 0 Å². The zero-order chi connectivity index (χ0) is 11.7. The van der Waals surface area contributed by atoms with Crippen molar-refractivity contribution in [1.82, 2.24) is 9.55 Å². The number of benzene rings is 1. The van der Waals surface area contributed by atoms with E-state index in [1.54, 1.807) is 11.3 Å². The van der Waals surface area contributed by atoms with Gasteiger partial charge in [0, 0.05) is 28.7 Å². The molecule has 86 valence electrons. The number of hydrogen-bond donors (Lipinski definition) is 1. The molecule has 0 atom stereocenters. The Hall–Kier alpha value is -1.65. The highest BCUT2D eigenvalue weighted by Crippen LogP contribution is 2.24. The molecule has 2 N–H and O–H groups in total. The summed E-state index contributed by atoms with van der Waals surface area (Å²) >= 11 is 1.76. The molecule has 0 radical (unpaired) electrons. The van der Waals surface area contributed by atoms with Crippen LogP contribution in [0.3, 0.4) is 0 Å². The van der Waals surface area contributed by atoms with E-state index in [2.05, 4.69) is 39.2 Å². The predicted molar refractivity (Wildman–Crippen MR) is 71.7 cm³/mol. The average molecular weight is 243 g/mol. The first kappa shape index (κ1) is 10.5. The molecule has 3 rings (SSSR count). The molecule has 0 fully saturated rings. The van der Waals surface area contributed by atoms with E-state index in [0.29, 0.717) is 6.54 Å². The zero-order valence-electron chi connectivity index (χ0n) is 9.34. The third-order valence-electron chi connectivity index (χ3n) is 2.83. The maximum absolute atomic E-state index is 5.60. The highest BCUT2D eigenvalue weighted by Gasteiger charge is 2.04. The molecule has 0 spiro atoms. The lowest BCUT2D eigenvalue weighted by Gasteiger charge is -2.07. The molecule has 2 heterocycles. The van der Waals surface area contributed by atoms with Crippen LogP contribution in [0.5, 0.6) is 0 Å². The van der Waals surface area contributed by atoms with Crippen molar-refractivity contribution in [3.8, 4) is 5.69 Å². The summed E-state index contributed by atoms with van der Waals surface area (Å²) in [6.07, 6.45) is 4.57. The molecular weight excluding hydrogens is 230 g/mol. The van der Waals surface area contributed by atoms with Gasteiger partial charge in [-0.05, 0) is 41.6 Å². The minimum atomic E-state index is 0.645. The van der Waals surface area contributed by atoms with Gasteiger partial charge in [-0.25, -0.2) is 4.98 Å². The van der Waals surface area contributed by atoms with Crippen molar-refractivity contribution in [2.75, 3.05) is 6.54 Å². The van der Waals surface area contributed by atoms with E-state index in [4.69, 9.17) is 5.73 Å². The third kappa shape index (κ3) is 1.85. The second-order valence-corrected chi connectivity index (χ2v) is 4.88. The van der Waals surface area contributed by atoms with E-state index < -0.39 is 0 Å². The summed E-state index contributed by atoms with van der Waals surface area (Å²) in [6.45, 7) is 0.645. The molecule has 0 unspecified atom stereocenters. The van der Waals surface area contributed by atoms with Crippen LogP contribution < -0.4 is 5.73 Å². The van der Waals surface area contributed by atoms with Crippen LogP contribution in [0.15, 0.2) is 42.2 Å². The summed E-state index contributed by atoms with van der Waals surface area (Å²) < 4.78 is 3.42. The molecule has 3 nitrogen and oxygen atoms in total. The molecule has 3 aromatic rings. The number of thiophene rings is 1. The number of fused-ring (bicyclic) bond motifs is 1. The molecule has 0 amide bonds. The number of nitrogens with zero attached hydrogens (tertiary/aromatic N) is 2. The second-order valence-electron chi connectivity index (χ2n) is 3.94. The predicted octanol–water partition coefficient (Wildman–Crippen LogP) is 2.59. The zero-order valence-corrected chi connectivity index (χ0v) is 10.2. The van der Waals surface area contributed by atoms with Gasteiger partial charge in [0.15, 0.2) is 0 Å². The topological polar surface area (TPSA) is 43.8 Å². The van der Waals surface area contributed by atoms with Crippen molar-refractivity contribution in [1.29, 1.82) is 0 Å². The Morgan fingerprint density at radius 2 is 2.24 bits per heavy atom. The highest BCUT2D eigenvalue weighted by atomic mass is 32.1. The first-order valence-corrected chi connectivity index (χ1v) is 6.45. The van der Waals surface area contributed by atoms with Crippen molar-refractivity contribution in [3.05, 3.63) is 47.9 Å². The number of imidazole rings is 1. The van der Waals surface area contributed by atoms with Gasteiger partial charge in [-0.2, -0.15) is 0 Å². The van der Waals surface area contributed by atoms with Crippen LogP contribution in [-0.2, 0) is 6.42 Å². The Morgan fingerprint density at radius 1 is 1.29 bits per heavy atom. The van der Waals surface area contributed by atoms with Gasteiger partial charge in [0.25, 0.3) is 0 Å². The van der Waals surface area contributed by atoms with Crippen molar-refractivity contribution < 1.29 is 0 Å². The molecule has 4 heteroatoms. The SMILES string of the molecule is NCCc1cncn1-c1ccc2sccc2c1. The van der Waals surface area contributed by atoms with E-state index in [0.717, 1.165) is 17.8 Å². The van der Waals surface area contributed by atoms with Gasteiger partial charge in [-0.3, -0.25) is 0 Å². The molecule has 0 saturated heterocycles. The van der Waals surface area contributed by atoms with E-state index in [1.165, 1.54) is 10.1 Å². The minimum Gasteiger partial charge on any atom is -0.330 e. The van der Waals surface area contributed by atoms with Crippen LogP contribution in [0.2, 0.25) is 0 Å². The fourth-order valence-corrected chi connectivity index (χ4v) is 2.76. The monoisotopic (exact) mass is 243 g/mol. The molecular formula is C13H13N3S. The van der Waals surface area contributed by atoms with E-state index in [9.17, 15) is 0 Å². The molecule has 17 heavy (non-hydrogen) atoms. The van der Waals surface area contributed by atoms with Gasteiger partial charge >= 0.3 is 0 Å². The first-order valence-electron chi connectivity index (χ1n) is 5.57. The lowest BCUT2D eigenvalue weighted by molar-refractivity contribution is 0.874. The highest BCUT2D eigenvalue weighted by molar-refractivity contribution is 7.17. The number of aromatic nitrogens is 2. The molecule has 0 aliphatic rings. The summed E-state index contributed by atoms with van der Waals surface area (Å²) in [6, 6.07) is 8.61. The maximum atomic E-state index is 5.60. The minimum absolute atomic E-state index is 0.645. The Kier molecular flexibility index (Phi) is 2.66. The van der Waals surface area contributed by atoms with Crippen LogP contribution in [0, 0.1) is 0 Å². The van der Waals surface area contributed by atoms with E-state index in [-0.39, 0.29) is 0 Å². The third-order valence-corrected chi connectivity index (χ3v) is 3.73. The number of rotatable bonds is 3. The number of hydrogen-bond acceptors (Lipinski definition) is 3. The van der Waals surface area contributed by atoms with Gasteiger partial charge < -0.3 is 10.3 Å². The standard InChI is InChI=1S/C13H13N3S/c14-5-3-12-8-15-9-16(12)11-1-2-13-10(7-11)4-6-17-13/h1-2,4,6-9H,3,5,14H2. The lowest BCUT2D eigenvalue weighted by Crippen LogP contribution is -2.07. The van der Waals surface area contributed by atoms with Gasteiger partial charge in [0.05, 0.1) is 6.33 Å². The Bertz CT molecular complexity index is 639. The summed E-state index contributed by atoms with van der Waals surface area (Å²) in [4.78, 5) is 4.19. The molecule has 2 aromatic heterocycles. The molecule has 1 aromatic carbocycles. The van der Waals surface area contributed by atoms with Crippen molar-refractivity contribution in [2.24, 2.45) is 5.73 Å². The quantitative estimate of drug-likeness (QED) is 0.768. The van der Waals surface area contributed by atoms with E-state index >= 15 is 0 Å². The van der Waals surface area contributed by atoms with Crippen LogP contribution in [0.1, 0.15) is 5.69 Å². The van der Waals surface area contributed by atoms with Gasteiger partial charge in [0.2, 0.25) is 0 Å². The number of nitrogens with two attached hydrogens (primary N) is 1. The average Bonchev–Trinajstić information content (AvgIpc) is 2.96. The van der Waals surface area contributed by atoms with Crippen molar-refractivity contribution >= 4 is 21.4 Å². The Labute approximate surface area is 104 Å². The van der Waals surface area contributed by atoms with Crippen LogP contribution >= 0.6 is 11.3 Å². The first-order chi connectivity index (χ1) is 8.38.